The Bertz CT molecular complexity index is 787. The molecule has 3 rings (SSSR count). The first-order chi connectivity index (χ1) is 14.6. The summed E-state index contributed by atoms with van der Waals surface area (Å²) in [6, 6.07) is 19.3. The molecule has 0 radical (unpaired) electrons. The van der Waals surface area contributed by atoms with Crippen LogP contribution in [0.25, 0.3) is 0 Å². The average molecular weight is 408 g/mol. The molecule has 2 aromatic rings. The number of nitrogens with zero attached hydrogens (tertiary/aromatic N) is 1. The molecule has 0 bridgehead atoms. The Labute approximate surface area is 179 Å². The molecule has 1 fully saturated rings. The summed E-state index contributed by atoms with van der Waals surface area (Å²) in [4.78, 5) is 26.6. The maximum Gasteiger partial charge on any atom is 0.319 e. The van der Waals surface area contributed by atoms with E-state index in [-0.39, 0.29) is 17.5 Å². The van der Waals surface area contributed by atoms with Crippen LogP contribution in [-0.2, 0) is 4.79 Å². The van der Waals surface area contributed by atoms with E-state index < -0.39 is 0 Å². The molecule has 5 nitrogen and oxygen atoms in total. The van der Waals surface area contributed by atoms with Crippen LogP contribution in [0.4, 0.5) is 10.5 Å². The van der Waals surface area contributed by atoms with E-state index in [1.807, 2.05) is 48.5 Å². The molecule has 1 heterocycles. The molecule has 1 unspecified atom stereocenters. The van der Waals surface area contributed by atoms with E-state index in [0.717, 1.165) is 63.0 Å². The zero-order chi connectivity index (χ0) is 21.2. The van der Waals surface area contributed by atoms with Crippen molar-refractivity contribution in [3.05, 3.63) is 66.2 Å². The van der Waals surface area contributed by atoms with Gasteiger partial charge in [0.25, 0.3) is 0 Å². The van der Waals surface area contributed by atoms with Gasteiger partial charge in [0.1, 0.15) is 6.29 Å². The number of nitrogens with one attached hydrogen (secondary N) is 2. The van der Waals surface area contributed by atoms with Gasteiger partial charge in [0.15, 0.2) is 0 Å². The maximum absolute atomic E-state index is 12.6. The second-order valence-electron chi connectivity index (χ2n) is 8.29. The molecule has 160 valence electrons. The van der Waals surface area contributed by atoms with Crippen LogP contribution in [0.5, 0.6) is 0 Å². The number of benzene rings is 2. The van der Waals surface area contributed by atoms with Crippen LogP contribution < -0.4 is 10.6 Å². The van der Waals surface area contributed by atoms with Gasteiger partial charge >= 0.3 is 6.03 Å². The fourth-order valence-corrected chi connectivity index (χ4v) is 4.31. The topological polar surface area (TPSA) is 61.4 Å². The van der Waals surface area contributed by atoms with E-state index in [4.69, 9.17) is 0 Å². The van der Waals surface area contributed by atoms with Gasteiger partial charge in [-0.05, 0) is 56.5 Å². The number of hydrogen-bond acceptors (Lipinski definition) is 3. The summed E-state index contributed by atoms with van der Waals surface area (Å²) in [6.45, 7) is 4.92. The van der Waals surface area contributed by atoms with Crippen molar-refractivity contribution in [2.45, 2.75) is 45.1 Å². The predicted molar refractivity (Wildman–Crippen MR) is 121 cm³/mol. The summed E-state index contributed by atoms with van der Waals surface area (Å²) < 4.78 is 0. The first-order valence-electron chi connectivity index (χ1n) is 11.0. The molecule has 1 atom stereocenters. The minimum atomic E-state index is -0.198. The number of piperidine rings is 1. The van der Waals surface area contributed by atoms with Crippen molar-refractivity contribution < 1.29 is 9.59 Å². The molecule has 0 spiro atoms. The summed E-state index contributed by atoms with van der Waals surface area (Å²) in [5.74, 6) is 0. The number of aldehydes is 1. The number of anilines is 1. The van der Waals surface area contributed by atoms with Gasteiger partial charge < -0.3 is 20.3 Å². The van der Waals surface area contributed by atoms with E-state index in [1.165, 1.54) is 6.29 Å². The summed E-state index contributed by atoms with van der Waals surface area (Å²) in [6.07, 6.45) is 5.92. The van der Waals surface area contributed by atoms with Gasteiger partial charge in [0.05, 0.1) is 6.04 Å². The number of carbonyl (C=O) groups excluding carboxylic acids is 2. The lowest BCUT2D eigenvalue weighted by Gasteiger charge is -2.38. The molecule has 5 heteroatoms. The third kappa shape index (κ3) is 6.17. The second kappa shape index (κ2) is 10.9. The highest BCUT2D eigenvalue weighted by Crippen LogP contribution is 2.34. The summed E-state index contributed by atoms with van der Waals surface area (Å²) in [5.41, 5.74) is 1.75. The van der Waals surface area contributed by atoms with Crippen LogP contribution in [0.15, 0.2) is 60.7 Å². The number of likely N-dealkylation sites (tertiary alicyclic amines) is 1. The zero-order valence-electron chi connectivity index (χ0n) is 17.8. The van der Waals surface area contributed by atoms with Crippen molar-refractivity contribution in [2.75, 3.05) is 25.0 Å². The average Bonchev–Trinajstić information content (AvgIpc) is 2.79. The lowest BCUT2D eigenvalue weighted by molar-refractivity contribution is -0.119. The highest BCUT2D eigenvalue weighted by atomic mass is 16.2. The normalized spacial score (nSPS) is 17.1. The van der Waals surface area contributed by atoms with E-state index in [9.17, 15) is 9.59 Å². The maximum atomic E-state index is 12.6. The molecule has 0 aliphatic carbocycles. The van der Waals surface area contributed by atoms with Crippen molar-refractivity contribution in [1.29, 1.82) is 0 Å². The van der Waals surface area contributed by atoms with E-state index in [1.54, 1.807) is 0 Å². The lowest BCUT2D eigenvalue weighted by atomic mass is 9.76. The fraction of sp³-hybridized carbons (Fsp3) is 0.440. The van der Waals surface area contributed by atoms with Crippen LogP contribution in [-0.4, -0.2) is 36.9 Å². The van der Waals surface area contributed by atoms with Crippen LogP contribution in [0, 0.1) is 5.41 Å². The van der Waals surface area contributed by atoms with Crippen molar-refractivity contribution >= 4 is 18.0 Å². The van der Waals surface area contributed by atoms with Crippen LogP contribution >= 0.6 is 0 Å². The number of para-hydroxylation sites is 1. The highest BCUT2D eigenvalue weighted by Gasteiger charge is 2.33. The largest absolute Gasteiger partial charge is 0.331 e. The molecule has 0 aromatic heterocycles. The van der Waals surface area contributed by atoms with Gasteiger partial charge in [-0.3, -0.25) is 0 Å². The quantitative estimate of drug-likeness (QED) is 0.574. The number of rotatable bonds is 9. The Balaban J connectivity index is 1.57. The monoisotopic (exact) mass is 407 g/mol. The zero-order valence-corrected chi connectivity index (χ0v) is 17.8. The first kappa shape index (κ1) is 22.0. The molecule has 1 aliphatic rings. The minimum Gasteiger partial charge on any atom is -0.331 e. The Kier molecular flexibility index (Phi) is 8.03. The van der Waals surface area contributed by atoms with Crippen LogP contribution in [0.3, 0.4) is 0 Å². The predicted octanol–water partition coefficient (Wildman–Crippen LogP) is 5.02. The van der Waals surface area contributed by atoms with Crippen molar-refractivity contribution in [3.8, 4) is 0 Å². The minimum absolute atomic E-state index is 0.0664. The Morgan fingerprint density at radius 1 is 1.07 bits per heavy atom. The SMILES string of the molecule is CCCC1(C=O)CCN(CCC(NC(=O)Nc2ccccc2)c2ccccc2)CC1. The molecule has 1 saturated heterocycles. The molecule has 30 heavy (non-hydrogen) atoms. The first-order valence-corrected chi connectivity index (χ1v) is 11.0. The smallest absolute Gasteiger partial charge is 0.319 e. The van der Waals surface area contributed by atoms with Gasteiger partial charge in [0, 0.05) is 17.6 Å². The number of hydrogen-bond donors (Lipinski definition) is 2. The number of amides is 2. The Morgan fingerprint density at radius 3 is 2.30 bits per heavy atom. The fourth-order valence-electron chi connectivity index (χ4n) is 4.31. The standard InChI is InChI=1S/C25H33N3O2/c1-2-14-25(20-29)15-18-28(19-16-25)17-13-23(21-9-5-3-6-10-21)27-24(30)26-22-11-7-4-8-12-22/h3-12,20,23H,2,13-19H2,1H3,(H2,26,27,30). The van der Waals surface area contributed by atoms with Gasteiger partial charge in [-0.15, -0.1) is 0 Å². The summed E-state index contributed by atoms with van der Waals surface area (Å²) >= 11 is 0. The summed E-state index contributed by atoms with van der Waals surface area (Å²) in [5, 5.41) is 6.05. The van der Waals surface area contributed by atoms with Gasteiger partial charge in [-0.25, -0.2) is 4.79 Å². The van der Waals surface area contributed by atoms with Crippen LogP contribution in [0.1, 0.15) is 50.6 Å². The molecule has 0 saturated carbocycles. The second-order valence-corrected chi connectivity index (χ2v) is 8.29. The van der Waals surface area contributed by atoms with E-state index >= 15 is 0 Å². The number of urea groups is 1. The van der Waals surface area contributed by atoms with Gasteiger partial charge in [0.2, 0.25) is 0 Å². The van der Waals surface area contributed by atoms with Crippen molar-refractivity contribution in [1.82, 2.24) is 10.2 Å². The molecule has 1 aliphatic heterocycles. The van der Waals surface area contributed by atoms with Gasteiger partial charge in [-0.2, -0.15) is 0 Å². The van der Waals surface area contributed by atoms with Crippen molar-refractivity contribution in [3.63, 3.8) is 0 Å². The highest BCUT2D eigenvalue weighted by molar-refractivity contribution is 5.89. The van der Waals surface area contributed by atoms with Crippen LogP contribution in [0.2, 0.25) is 0 Å². The lowest BCUT2D eigenvalue weighted by Crippen LogP contribution is -2.42. The number of carbonyl (C=O) groups is 2. The van der Waals surface area contributed by atoms with E-state index in [2.05, 4.69) is 34.6 Å². The Morgan fingerprint density at radius 2 is 1.70 bits per heavy atom. The molecule has 2 N–H and O–H groups in total. The third-order valence-corrected chi connectivity index (χ3v) is 6.12. The molecular weight excluding hydrogens is 374 g/mol. The Hall–Kier alpha value is -2.66. The van der Waals surface area contributed by atoms with Crippen molar-refractivity contribution in [2.24, 2.45) is 5.41 Å². The van der Waals surface area contributed by atoms with Gasteiger partial charge in [-0.1, -0.05) is 61.9 Å². The molecule has 2 amide bonds. The van der Waals surface area contributed by atoms with E-state index in [0.29, 0.717) is 0 Å². The molecule has 2 aromatic carbocycles. The third-order valence-electron chi connectivity index (χ3n) is 6.12. The summed E-state index contributed by atoms with van der Waals surface area (Å²) in [7, 11) is 0. The molecular formula is C25H33N3O2.